The molecule has 0 aromatic heterocycles. The van der Waals surface area contributed by atoms with Crippen molar-refractivity contribution in [1.82, 2.24) is 5.32 Å². The summed E-state index contributed by atoms with van der Waals surface area (Å²) in [5, 5.41) is 7.80. The molecule has 0 aliphatic rings. The molecule has 1 amide bonds. The molecule has 0 saturated carbocycles. The Morgan fingerprint density at radius 1 is 1.29 bits per heavy atom. The van der Waals surface area contributed by atoms with Crippen molar-refractivity contribution in [2.45, 2.75) is 38.1 Å². The minimum Gasteiger partial charge on any atom is -0.349 e. The zero-order valence-corrected chi connectivity index (χ0v) is 14.3. The molecule has 0 aliphatic heterocycles. The van der Waals surface area contributed by atoms with E-state index in [9.17, 15) is 13.2 Å². The SMILES string of the molecule is CCC(C)C(C)NC(=O)c1cc(S(N)(=O)=O)c(Cl)cc1Cl. The van der Waals surface area contributed by atoms with Crippen molar-refractivity contribution in [2.75, 3.05) is 0 Å². The number of halogens is 2. The number of sulfonamides is 1. The van der Waals surface area contributed by atoms with Gasteiger partial charge in [-0.15, -0.1) is 0 Å². The maximum Gasteiger partial charge on any atom is 0.253 e. The number of rotatable bonds is 5. The van der Waals surface area contributed by atoms with Gasteiger partial charge in [0.05, 0.1) is 15.6 Å². The minimum atomic E-state index is -4.03. The molecule has 1 aromatic rings. The summed E-state index contributed by atoms with van der Waals surface area (Å²) in [5.41, 5.74) is 0.0280. The number of benzene rings is 1. The summed E-state index contributed by atoms with van der Waals surface area (Å²) in [4.78, 5) is 11.9. The molecule has 5 nitrogen and oxygen atoms in total. The van der Waals surface area contributed by atoms with E-state index in [-0.39, 0.29) is 32.5 Å². The molecule has 0 saturated heterocycles. The summed E-state index contributed by atoms with van der Waals surface area (Å²) in [6.07, 6.45) is 0.901. The molecule has 0 radical (unpaired) electrons. The maximum absolute atomic E-state index is 12.2. The van der Waals surface area contributed by atoms with Crippen molar-refractivity contribution in [3.63, 3.8) is 0 Å². The van der Waals surface area contributed by atoms with Crippen LogP contribution in [-0.2, 0) is 10.0 Å². The van der Waals surface area contributed by atoms with E-state index in [1.807, 2.05) is 20.8 Å². The number of nitrogens with two attached hydrogens (primary N) is 1. The van der Waals surface area contributed by atoms with Gasteiger partial charge in [-0.3, -0.25) is 4.79 Å². The van der Waals surface area contributed by atoms with Crippen LogP contribution in [0.1, 0.15) is 37.6 Å². The number of nitrogens with one attached hydrogen (secondary N) is 1. The first-order chi connectivity index (χ1) is 9.57. The van der Waals surface area contributed by atoms with Gasteiger partial charge in [0.15, 0.2) is 0 Å². The van der Waals surface area contributed by atoms with Crippen molar-refractivity contribution < 1.29 is 13.2 Å². The fraction of sp³-hybridized carbons (Fsp3) is 0.462. The molecular formula is C13H18Cl2N2O3S. The van der Waals surface area contributed by atoms with E-state index in [0.29, 0.717) is 0 Å². The molecule has 0 fully saturated rings. The van der Waals surface area contributed by atoms with Crippen LogP contribution in [0.15, 0.2) is 17.0 Å². The zero-order valence-electron chi connectivity index (χ0n) is 12.0. The molecule has 1 aromatic carbocycles. The van der Waals surface area contributed by atoms with Crippen LogP contribution >= 0.6 is 23.2 Å². The number of hydrogen-bond donors (Lipinski definition) is 2. The minimum absolute atomic E-state index is 0.0280. The first-order valence-electron chi connectivity index (χ1n) is 6.40. The molecule has 21 heavy (non-hydrogen) atoms. The first kappa shape index (κ1) is 18.2. The lowest BCUT2D eigenvalue weighted by Gasteiger charge is -2.20. The Bertz CT molecular complexity index is 647. The van der Waals surface area contributed by atoms with Gasteiger partial charge in [0.2, 0.25) is 10.0 Å². The summed E-state index contributed by atoms with van der Waals surface area (Å²) in [6.45, 7) is 5.89. The van der Waals surface area contributed by atoms with E-state index < -0.39 is 15.9 Å². The van der Waals surface area contributed by atoms with Gasteiger partial charge in [0, 0.05) is 6.04 Å². The van der Waals surface area contributed by atoms with Crippen LogP contribution < -0.4 is 10.5 Å². The average Bonchev–Trinajstić information content (AvgIpc) is 2.35. The quantitative estimate of drug-likeness (QED) is 0.853. The Kier molecular flexibility index (Phi) is 6.04. The molecule has 2 unspecified atom stereocenters. The van der Waals surface area contributed by atoms with Crippen molar-refractivity contribution in [3.05, 3.63) is 27.7 Å². The van der Waals surface area contributed by atoms with Gasteiger partial charge in [-0.25, -0.2) is 13.6 Å². The fourth-order valence-corrected chi connectivity index (χ4v) is 3.11. The van der Waals surface area contributed by atoms with Gasteiger partial charge in [0.25, 0.3) is 5.91 Å². The molecule has 8 heteroatoms. The van der Waals surface area contributed by atoms with Crippen LogP contribution in [0.2, 0.25) is 10.0 Å². The van der Waals surface area contributed by atoms with Crippen molar-refractivity contribution in [3.8, 4) is 0 Å². The van der Waals surface area contributed by atoms with Gasteiger partial charge < -0.3 is 5.32 Å². The highest BCUT2D eigenvalue weighted by Crippen LogP contribution is 2.28. The van der Waals surface area contributed by atoms with Gasteiger partial charge in [-0.05, 0) is 25.0 Å². The second kappa shape index (κ2) is 6.96. The largest absolute Gasteiger partial charge is 0.349 e. The molecule has 3 N–H and O–H groups in total. The summed E-state index contributed by atoms with van der Waals surface area (Å²) in [6, 6.07) is 2.22. The topological polar surface area (TPSA) is 89.3 Å². The number of primary sulfonamides is 1. The van der Waals surface area contributed by atoms with Crippen molar-refractivity contribution in [1.29, 1.82) is 0 Å². The molecule has 1 rings (SSSR count). The molecule has 0 bridgehead atoms. The summed E-state index contributed by atoms with van der Waals surface area (Å²) < 4.78 is 22.9. The Balaban J connectivity index is 3.16. The van der Waals surface area contributed by atoms with Gasteiger partial charge in [-0.2, -0.15) is 0 Å². The summed E-state index contributed by atoms with van der Waals surface area (Å²) in [5.74, 6) is -0.188. The van der Waals surface area contributed by atoms with E-state index in [0.717, 1.165) is 12.5 Å². The third-order valence-corrected chi connectivity index (χ3v) is 5.12. The lowest BCUT2D eigenvalue weighted by Crippen LogP contribution is -2.37. The van der Waals surface area contributed by atoms with Crippen molar-refractivity contribution >= 4 is 39.1 Å². The monoisotopic (exact) mass is 352 g/mol. The zero-order chi connectivity index (χ0) is 16.4. The Morgan fingerprint density at radius 3 is 2.33 bits per heavy atom. The smallest absolute Gasteiger partial charge is 0.253 e. The summed E-state index contributed by atoms with van der Waals surface area (Å²) in [7, 11) is -4.03. The third kappa shape index (κ3) is 4.57. The molecule has 2 atom stereocenters. The number of amides is 1. The van der Waals surface area contributed by atoms with Crippen LogP contribution in [0.3, 0.4) is 0 Å². The molecule has 0 aliphatic carbocycles. The number of hydrogen-bond acceptors (Lipinski definition) is 3. The van der Waals surface area contributed by atoms with Crippen molar-refractivity contribution in [2.24, 2.45) is 11.1 Å². The Morgan fingerprint density at radius 2 is 1.86 bits per heavy atom. The van der Waals surface area contributed by atoms with E-state index in [1.165, 1.54) is 6.07 Å². The predicted octanol–water partition coefficient (Wildman–Crippen LogP) is 2.81. The van der Waals surface area contributed by atoms with Crippen LogP contribution in [-0.4, -0.2) is 20.4 Å². The van der Waals surface area contributed by atoms with Gasteiger partial charge in [0.1, 0.15) is 4.90 Å². The van der Waals surface area contributed by atoms with E-state index in [1.54, 1.807) is 0 Å². The third-order valence-electron chi connectivity index (χ3n) is 3.43. The lowest BCUT2D eigenvalue weighted by atomic mass is 10.0. The average molecular weight is 353 g/mol. The second-order valence-electron chi connectivity index (χ2n) is 4.96. The molecule has 0 heterocycles. The van der Waals surface area contributed by atoms with Crippen LogP contribution in [0, 0.1) is 5.92 Å². The molecule has 0 spiro atoms. The predicted molar refractivity (Wildman–Crippen MR) is 84.2 cm³/mol. The van der Waals surface area contributed by atoms with Crippen LogP contribution in [0.25, 0.3) is 0 Å². The van der Waals surface area contributed by atoms with Crippen LogP contribution in [0.5, 0.6) is 0 Å². The highest BCUT2D eigenvalue weighted by atomic mass is 35.5. The highest BCUT2D eigenvalue weighted by Gasteiger charge is 2.21. The first-order valence-corrected chi connectivity index (χ1v) is 8.70. The normalized spacial score (nSPS) is 14.6. The lowest BCUT2D eigenvalue weighted by molar-refractivity contribution is 0.0928. The molecule has 118 valence electrons. The van der Waals surface area contributed by atoms with E-state index >= 15 is 0 Å². The van der Waals surface area contributed by atoms with E-state index in [2.05, 4.69) is 5.32 Å². The van der Waals surface area contributed by atoms with Gasteiger partial charge >= 0.3 is 0 Å². The standard InChI is InChI=1S/C13H18Cl2N2O3S/c1-4-7(2)8(3)17-13(18)9-5-12(21(16,19)20)11(15)6-10(9)14/h5-8H,4H2,1-3H3,(H,17,18)(H2,16,19,20). The number of carbonyl (C=O) groups is 1. The van der Waals surface area contributed by atoms with Gasteiger partial charge in [-0.1, -0.05) is 43.5 Å². The Labute approximate surface area is 134 Å². The summed E-state index contributed by atoms with van der Waals surface area (Å²) >= 11 is 11.8. The Hall–Kier alpha value is -0.820. The van der Waals surface area contributed by atoms with Crippen LogP contribution in [0.4, 0.5) is 0 Å². The second-order valence-corrected chi connectivity index (χ2v) is 7.30. The highest BCUT2D eigenvalue weighted by molar-refractivity contribution is 7.89. The molecular weight excluding hydrogens is 335 g/mol. The maximum atomic E-state index is 12.2. The number of carbonyl (C=O) groups excluding carboxylic acids is 1. The fourth-order valence-electron chi connectivity index (χ4n) is 1.70. The van der Waals surface area contributed by atoms with E-state index in [4.69, 9.17) is 28.3 Å².